The summed E-state index contributed by atoms with van der Waals surface area (Å²) in [6, 6.07) is 0. The van der Waals surface area contributed by atoms with E-state index in [1.165, 1.54) is 0 Å². The molecule has 0 atom stereocenters. The number of carboxylic acid groups (broad SMARTS) is 1. The summed E-state index contributed by atoms with van der Waals surface area (Å²) in [5, 5.41) is 8.78. The molecule has 0 unspecified atom stereocenters. The van der Waals surface area contributed by atoms with Crippen LogP contribution in [-0.4, -0.2) is 12.1 Å². The minimum absolute atomic E-state index is 0. The quantitative estimate of drug-likeness (QED) is 0.587. The van der Waals surface area contributed by atoms with Crippen LogP contribution in [0.2, 0.25) is 0 Å². The van der Waals surface area contributed by atoms with E-state index in [1.807, 2.05) is 0 Å². The van der Waals surface area contributed by atoms with Crippen LogP contribution in [0.5, 0.6) is 0 Å². The van der Waals surface area contributed by atoms with Crippen LogP contribution in [0, 0.1) is 49.9 Å². The van der Waals surface area contributed by atoms with Crippen LogP contribution >= 0.6 is 0 Å². The van der Waals surface area contributed by atoms with E-state index in [2.05, 4.69) is 0 Å². The number of carbonyl (C=O) groups excluding carboxylic acids is 1. The first-order valence-electron chi connectivity index (χ1n) is 1.23. The average Bonchev–Trinajstić information content (AvgIpc) is 1.31. The van der Waals surface area contributed by atoms with Gasteiger partial charge in [-0.2, -0.15) is 13.2 Å². The van der Waals surface area contributed by atoms with Crippen molar-refractivity contribution in [1.29, 1.82) is 0 Å². The number of aliphatic carboxylic acids is 1. The molecule has 0 aliphatic carbocycles. The van der Waals surface area contributed by atoms with E-state index in [0.29, 0.717) is 0 Å². The van der Waals surface area contributed by atoms with Crippen molar-refractivity contribution in [3.8, 4) is 0 Å². The molecule has 0 bridgehead atoms. The molecular weight excluding hydrogens is 336 g/mol. The molecule has 8 heavy (non-hydrogen) atoms. The summed E-state index contributed by atoms with van der Waals surface area (Å²) in [7, 11) is 0. The number of alkyl halides is 3. The zero-order chi connectivity index (χ0) is 6.08. The number of carbonyl (C=O) groups is 1. The Labute approximate surface area is 84.1 Å². The molecule has 0 aromatic carbocycles. The Kier molecular flexibility index (Phi) is 5.53. The molecule has 0 saturated carbocycles. The second kappa shape index (κ2) is 3.80. The molecule has 0 aliphatic rings. The summed E-state index contributed by atoms with van der Waals surface area (Å²) in [5.41, 5.74) is 0. The fourth-order valence-corrected chi connectivity index (χ4v) is 0. The molecule has 2 nitrogen and oxygen atoms in total. The van der Waals surface area contributed by atoms with Gasteiger partial charge in [-0.15, -0.1) is 0 Å². The van der Waals surface area contributed by atoms with Crippen molar-refractivity contribution in [1.82, 2.24) is 0 Å². The Morgan fingerprint density at radius 3 is 1.50 bits per heavy atom. The monoisotopic (exact) mass is 336 g/mol. The van der Waals surface area contributed by atoms with Crippen molar-refractivity contribution in [2.45, 2.75) is 6.18 Å². The largest absolute Gasteiger partial charge is 1.00 e. The summed E-state index contributed by atoms with van der Waals surface area (Å²) in [5.74, 6) is -3.01. The third kappa shape index (κ3) is 5.00. The Morgan fingerprint density at radius 2 is 1.50 bits per heavy atom. The van der Waals surface area contributed by atoms with E-state index in [4.69, 9.17) is 9.90 Å². The zero-order valence-corrected chi connectivity index (χ0v) is 12.2. The van der Waals surface area contributed by atoms with E-state index in [-0.39, 0.29) is 49.9 Å². The fourth-order valence-electron chi connectivity index (χ4n) is 0. The Morgan fingerprint density at radius 1 is 1.38 bits per heavy atom. The van der Waals surface area contributed by atoms with Crippen LogP contribution in [0.1, 0.15) is 0 Å². The van der Waals surface area contributed by atoms with E-state index in [9.17, 15) is 13.2 Å². The summed E-state index contributed by atoms with van der Waals surface area (Å²) >= 11 is 0. The second-order valence-electron chi connectivity index (χ2n) is 0.785. The van der Waals surface area contributed by atoms with Gasteiger partial charge in [0, 0.05) is 0 Å². The SMILES string of the molecule is O=C([O-])C(F)(F)F.[Fr+]. The maximum absolute atomic E-state index is 10.5. The van der Waals surface area contributed by atoms with Crippen molar-refractivity contribution >= 4 is 5.97 Å². The molecule has 0 aromatic heterocycles. The van der Waals surface area contributed by atoms with Crippen LogP contribution in [0.15, 0.2) is 0 Å². The van der Waals surface area contributed by atoms with Gasteiger partial charge in [-0.25, -0.2) is 0 Å². The van der Waals surface area contributed by atoms with Crippen molar-refractivity contribution in [2.75, 3.05) is 0 Å². The minimum atomic E-state index is -5.19. The smallest absolute Gasteiger partial charge is 0.542 e. The summed E-state index contributed by atoms with van der Waals surface area (Å²) in [6.07, 6.45) is -5.19. The van der Waals surface area contributed by atoms with Gasteiger partial charge < -0.3 is 9.90 Å². The van der Waals surface area contributed by atoms with E-state index in [1.54, 1.807) is 0 Å². The van der Waals surface area contributed by atoms with Gasteiger partial charge in [-0.05, 0) is 0 Å². The summed E-state index contributed by atoms with van der Waals surface area (Å²) in [4.78, 5) is 8.78. The molecule has 0 aromatic rings. The fraction of sp³-hybridized carbons (Fsp3) is 0.500. The van der Waals surface area contributed by atoms with Crippen LogP contribution in [0.25, 0.3) is 0 Å². The molecule has 0 amide bonds. The second-order valence-corrected chi connectivity index (χ2v) is 0.785. The van der Waals surface area contributed by atoms with Gasteiger partial charge in [0.15, 0.2) is 0 Å². The van der Waals surface area contributed by atoms with Gasteiger partial charge in [-0.3, -0.25) is 0 Å². The third-order valence-electron chi connectivity index (χ3n) is 0.231. The average molecular weight is 336 g/mol. The topological polar surface area (TPSA) is 40.1 Å². The molecule has 0 spiro atoms. The number of rotatable bonds is 0. The Bertz CT molecular complexity index is 87.8. The van der Waals surface area contributed by atoms with Gasteiger partial charge in [0.05, 0.1) is 0 Å². The number of hydrogen-bond acceptors (Lipinski definition) is 2. The van der Waals surface area contributed by atoms with Crippen molar-refractivity contribution in [3.05, 3.63) is 0 Å². The van der Waals surface area contributed by atoms with Gasteiger partial charge in [0.2, 0.25) is 0 Å². The van der Waals surface area contributed by atoms with Gasteiger partial charge in [-0.1, -0.05) is 0 Å². The van der Waals surface area contributed by atoms with E-state index < -0.39 is 12.1 Å². The zero-order valence-electron chi connectivity index (χ0n) is 3.95. The standard InChI is InChI=1S/C2HF3O2.Fr/c3-2(4,5)1(6)7;/h(H,6,7);/q;+1/p-1. The molecule has 0 radical (unpaired) electrons. The van der Waals surface area contributed by atoms with Gasteiger partial charge >= 0.3 is 56.1 Å². The van der Waals surface area contributed by atoms with Gasteiger partial charge in [0.1, 0.15) is 5.97 Å². The molecule has 6 heteroatoms. The Hall–Kier alpha value is 0.857. The van der Waals surface area contributed by atoms with Crippen LogP contribution in [-0.2, 0) is 4.79 Å². The van der Waals surface area contributed by atoms with E-state index in [0.717, 1.165) is 0 Å². The molecule has 0 fully saturated rings. The maximum Gasteiger partial charge on any atom is 1.00 e. The summed E-state index contributed by atoms with van der Waals surface area (Å²) in [6.45, 7) is 0. The van der Waals surface area contributed by atoms with Crippen molar-refractivity contribution in [3.63, 3.8) is 0 Å². The Balaban J connectivity index is 0. The van der Waals surface area contributed by atoms with Gasteiger partial charge in [0.25, 0.3) is 0 Å². The first-order valence-corrected chi connectivity index (χ1v) is 1.23. The van der Waals surface area contributed by atoms with E-state index >= 15 is 0 Å². The normalized spacial score (nSPS) is 9.88. The van der Waals surface area contributed by atoms with Crippen LogP contribution in [0.4, 0.5) is 13.2 Å². The first-order chi connectivity index (χ1) is 2.94. The first kappa shape index (κ1) is 11.6. The maximum atomic E-state index is 10.5. The third-order valence-corrected chi connectivity index (χ3v) is 0.231. The predicted octanol–water partition coefficient (Wildman–Crippen LogP) is -0.701. The number of carboxylic acids is 1. The molecule has 0 N–H and O–H groups in total. The minimum Gasteiger partial charge on any atom is -0.542 e. The van der Waals surface area contributed by atoms with Crippen molar-refractivity contribution in [2.24, 2.45) is 0 Å². The van der Waals surface area contributed by atoms with Crippen LogP contribution in [0.3, 0.4) is 0 Å². The molecule has 0 heterocycles. The summed E-state index contributed by atoms with van der Waals surface area (Å²) < 4.78 is 31.5. The number of halogens is 3. The molecular formula is C2F3FrO2. The van der Waals surface area contributed by atoms with Crippen molar-refractivity contribution < 1.29 is 72.9 Å². The van der Waals surface area contributed by atoms with Crippen LogP contribution < -0.4 is 5.11 Å². The number of hydrogen-bond donors (Lipinski definition) is 0. The molecule has 42 valence electrons. The molecule has 0 aliphatic heterocycles. The predicted molar refractivity (Wildman–Crippen MR) is 11.1 cm³/mol. The molecule has 0 saturated heterocycles. The molecule has 0 rings (SSSR count).